The monoisotopic (exact) mass is 296 g/mol. The van der Waals surface area contributed by atoms with Crippen LogP contribution in [0.15, 0.2) is 23.1 Å². The number of hydrogen-bond acceptors (Lipinski definition) is 4. The highest BCUT2D eigenvalue weighted by Crippen LogP contribution is 2.30. The highest BCUT2D eigenvalue weighted by molar-refractivity contribution is 7.90. The van der Waals surface area contributed by atoms with Crippen molar-refractivity contribution in [2.75, 3.05) is 17.3 Å². The third kappa shape index (κ3) is 3.66. The van der Waals surface area contributed by atoms with Crippen LogP contribution in [0, 0.1) is 5.92 Å². The van der Waals surface area contributed by atoms with Gasteiger partial charge in [0.25, 0.3) is 0 Å². The normalized spacial score (nSPS) is 23.5. The van der Waals surface area contributed by atoms with Crippen LogP contribution in [0.5, 0.6) is 0 Å². The summed E-state index contributed by atoms with van der Waals surface area (Å²) in [6, 6.07) is 5.38. The van der Waals surface area contributed by atoms with Crippen LogP contribution in [0.1, 0.15) is 39.0 Å². The molecule has 0 aliphatic heterocycles. The van der Waals surface area contributed by atoms with Gasteiger partial charge in [0.1, 0.15) is 0 Å². The summed E-state index contributed by atoms with van der Waals surface area (Å²) in [5, 5.41) is 3.45. The first-order valence-corrected chi connectivity index (χ1v) is 9.15. The fraction of sp³-hybridized carbons (Fsp3) is 0.600. The van der Waals surface area contributed by atoms with E-state index in [0.717, 1.165) is 24.4 Å². The molecule has 20 heavy (non-hydrogen) atoms. The van der Waals surface area contributed by atoms with Crippen LogP contribution in [0.25, 0.3) is 0 Å². The van der Waals surface area contributed by atoms with E-state index in [0.29, 0.717) is 11.7 Å². The molecule has 1 fully saturated rings. The molecule has 1 aliphatic rings. The molecule has 5 heteroatoms. The van der Waals surface area contributed by atoms with Crippen LogP contribution >= 0.6 is 0 Å². The van der Waals surface area contributed by atoms with Gasteiger partial charge in [-0.15, -0.1) is 0 Å². The quantitative estimate of drug-likeness (QED) is 0.838. The zero-order chi connectivity index (χ0) is 14.8. The largest absolute Gasteiger partial charge is 0.397 e. The van der Waals surface area contributed by atoms with E-state index in [4.69, 9.17) is 5.73 Å². The summed E-state index contributed by atoms with van der Waals surface area (Å²) in [5.41, 5.74) is 7.31. The second-order valence-electron chi connectivity index (χ2n) is 5.79. The number of anilines is 2. The minimum Gasteiger partial charge on any atom is -0.397 e. The number of rotatable bonds is 4. The Balaban J connectivity index is 2.04. The Morgan fingerprint density at radius 1 is 1.25 bits per heavy atom. The zero-order valence-electron chi connectivity index (χ0n) is 12.2. The lowest BCUT2D eigenvalue weighted by molar-refractivity contribution is 0.330. The van der Waals surface area contributed by atoms with Gasteiger partial charge in [-0.3, -0.25) is 0 Å². The van der Waals surface area contributed by atoms with E-state index >= 15 is 0 Å². The third-order valence-electron chi connectivity index (χ3n) is 4.23. The van der Waals surface area contributed by atoms with Gasteiger partial charge in [-0.25, -0.2) is 8.42 Å². The zero-order valence-corrected chi connectivity index (χ0v) is 13.0. The van der Waals surface area contributed by atoms with Crippen molar-refractivity contribution >= 4 is 21.2 Å². The first kappa shape index (κ1) is 15.2. The van der Waals surface area contributed by atoms with Gasteiger partial charge < -0.3 is 11.1 Å². The molecule has 1 aliphatic carbocycles. The summed E-state index contributed by atoms with van der Waals surface area (Å²) in [5.74, 6) is 0.859. The number of benzene rings is 1. The molecule has 0 saturated heterocycles. The molecule has 3 N–H and O–H groups in total. The average Bonchev–Trinajstić information content (AvgIpc) is 2.41. The van der Waals surface area contributed by atoms with E-state index in [1.807, 2.05) is 0 Å². The fourth-order valence-electron chi connectivity index (χ4n) is 2.84. The fourth-order valence-corrected chi connectivity index (χ4v) is 3.49. The predicted octanol–water partition coefficient (Wildman–Crippen LogP) is 3.05. The van der Waals surface area contributed by atoms with Gasteiger partial charge in [0, 0.05) is 12.3 Å². The van der Waals surface area contributed by atoms with Gasteiger partial charge in [0.05, 0.1) is 16.3 Å². The molecule has 112 valence electrons. The van der Waals surface area contributed by atoms with Crippen molar-refractivity contribution in [3.05, 3.63) is 18.2 Å². The Kier molecular flexibility index (Phi) is 4.58. The molecule has 0 aromatic heterocycles. The molecule has 1 saturated carbocycles. The molecular weight excluding hydrogens is 272 g/mol. The lowest BCUT2D eigenvalue weighted by Gasteiger charge is -2.29. The summed E-state index contributed by atoms with van der Waals surface area (Å²) < 4.78 is 23.0. The molecule has 0 bridgehead atoms. The number of hydrogen-bond donors (Lipinski definition) is 2. The Morgan fingerprint density at radius 3 is 2.40 bits per heavy atom. The third-order valence-corrected chi connectivity index (χ3v) is 5.35. The summed E-state index contributed by atoms with van der Waals surface area (Å²) in [4.78, 5) is 0.273. The number of nitrogens with two attached hydrogens (primary N) is 1. The van der Waals surface area contributed by atoms with E-state index in [1.165, 1.54) is 31.6 Å². The maximum absolute atomic E-state index is 11.5. The van der Waals surface area contributed by atoms with Gasteiger partial charge >= 0.3 is 0 Å². The van der Waals surface area contributed by atoms with Gasteiger partial charge in [-0.1, -0.05) is 13.3 Å². The molecule has 1 aromatic carbocycles. The molecule has 0 amide bonds. The molecule has 0 unspecified atom stereocenters. The van der Waals surface area contributed by atoms with Crippen molar-refractivity contribution in [3.8, 4) is 0 Å². The van der Waals surface area contributed by atoms with Gasteiger partial charge in [0.15, 0.2) is 9.84 Å². The molecule has 0 atom stereocenters. The second kappa shape index (κ2) is 6.04. The van der Waals surface area contributed by atoms with E-state index in [9.17, 15) is 8.42 Å². The van der Waals surface area contributed by atoms with Crippen molar-refractivity contribution in [1.29, 1.82) is 0 Å². The first-order chi connectivity index (χ1) is 9.40. The van der Waals surface area contributed by atoms with Crippen LogP contribution in [0.4, 0.5) is 11.4 Å². The number of sulfone groups is 1. The molecule has 0 radical (unpaired) electrons. The summed E-state index contributed by atoms with van der Waals surface area (Å²) in [6.07, 6.45) is 7.29. The molecule has 0 spiro atoms. The summed E-state index contributed by atoms with van der Waals surface area (Å²) in [6.45, 7) is 2.25. The van der Waals surface area contributed by atoms with E-state index in [1.54, 1.807) is 12.1 Å². The standard InChI is InChI=1S/C15H24N2O2S/c1-3-11-4-6-12(7-5-11)17-15-9-8-13(10-14(15)16)20(2,18)19/h8-12,17H,3-7,16H2,1-2H3. The highest BCUT2D eigenvalue weighted by atomic mass is 32.2. The smallest absolute Gasteiger partial charge is 0.175 e. The summed E-state index contributed by atoms with van der Waals surface area (Å²) in [7, 11) is -3.19. The van der Waals surface area contributed by atoms with E-state index in [2.05, 4.69) is 12.2 Å². The first-order valence-electron chi connectivity index (χ1n) is 7.26. The van der Waals surface area contributed by atoms with Gasteiger partial charge in [-0.05, 0) is 49.8 Å². The lowest BCUT2D eigenvalue weighted by atomic mass is 9.84. The maximum Gasteiger partial charge on any atom is 0.175 e. The topological polar surface area (TPSA) is 72.2 Å². The van der Waals surface area contributed by atoms with Gasteiger partial charge in [0.2, 0.25) is 0 Å². The van der Waals surface area contributed by atoms with E-state index < -0.39 is 9.84 Å². The van der Waals surface area contributed by atoms with Crippen LogP contribution in [-0.4, -0.2) is 20.7 Å². The minimum atomic E-state index is -3.19. The van der Waals surface area contributed by atoms with Crippen molar-refractivity contribution in [3.63, 3.8) is 0 Å². The Hall–Kier alpha value is -1.23. The Labute approximate surface area is 121 Å². The van der Waals surface area contributed by atoms with Crippen LogP contribution in [0.2, 0.25) is 0 Å². The number of nitrogens with one attached hydrogen (secondary N) is 1. The van der Waals surface area contributed by atoms with Crippen molar-refractivity contribution in [2.45, 2.75) is 50.0 Å². The molecular formula is C15H24N2O2S. The van der Waals surface area contributed by atoms with Crippen LogP contribution < -0.4 is 11.1 Å². The molecule has 4 nitrogen and oxygen atoms in total. The second-order valence-corrected chi connectivity index (χ2v) is 7.81. The van der Waals surface area contributed by atoms with Crippen molar-refractivity contribution < 1.29 is 8.42 Å². The van der Waals surface area contributed by atoms with Gasteiger partial charge in [-0.2, -0.15) is 0 Å². The number of nitrogen functional groups attached to an aromatic ring is 1. The van der Waals surface area contributed by atoms with Crippen molar-refractivity contribution in [2.24, 2.45) is 5.92 Å². The average molecular weight is 296 g/mol. The Morgan fingerprint density at radius 2 is 1.90 bits per heavy atom. The Bertz CT molecular complexity index is 561. The van der Waals surface area contributed by atoms with Crippen LogP contribution in [0.3, 0.4) is 0 Å². The summed E-state index contributed by atoms with van der Waals surface area (Å²) >= 11 is 0. The molecule has 2 rings (SSSR count). The lowest BCUT2D eigenvalue weighted by Crippen LogP contribution is -2.26. The maximum atomic E-state index is 11.5. The molecule has 0 heterocycles. The highest BCUT2D eigenvalue weighted by Gasteiger charge is 2.20. The van der Waals surface area contributed by atoms with Crippen molar-refractivity contribution in [1.82, 2.24) is 0 Å². The predicted molar refractivity (Wildman–Crippen MR) is 83.6 cm³/mol. The van der Waals surface area contributed by atoms with Crippen LogP contribution in [-0.2, 0) is 9.84 Å². The molecule has 1 aromatic rings. The SMILES string of the molecule is CCC1CCC(Nc2ccc(S(C)(=O)=O)cc2N)CC1. The van der Waals surface area contributed by atoms with E-state index in [-0.39, 0.29) is 4.90 Å². The minimum absolute atomic E-state index is 0.273.